The van der Waals surface area contributed by atoms with Crippen LogP contribution in [-0.2, 0) is 4.79 Å². The van der Waals surface area contributed by atoms with E-state index in [-0.39, 0.29) is 11.7 Å². The zero-order chi connectivity index (χ0) is 17.2. The molecule has 1 amide bonds. The van der Waals surface area contributed by atoms with E-state index in [2.05, 4.69) is 10.2 Å². The Hall–Kier alpha value is -1.93. The number of nitrogens with zero attached hydrogens (tertiary/aromatic N) is 4. The quantitative estimate of drug-likeness (QED) is 0.652. The number of amides is 1. The Bertz CT molecular complexity index is 884. The van der Waals surface area contributed by atoms with E-state index in [1.54, 1.807) is 12.1 Å². The van der Waals surface area contributed by atoms with E-state index in [1.165, 1.54) is 41.7 Å². The first-order valence-corrected chi connectivity index (χ1v) is 10.1. The number of hydrogen-bond acceptors (Lipinski definition) is 5. The van der Waals surface area contributed by atoms with E-state index < -0.39 is 0 Å². The minimum atomic E-state index is -0.263. The Morgan fingerprint density at radius 2 is 1.92 bits per heavy atom. The first-order valence-electron chi connectivity index (χ1n) is 8.21. The van der Waals surface area contributed by atoms with Crippen LogP contribution < -0.4 is 0 Å². The molecule has 0 radical (unpaired) electrons. The van der Waals surface area contributed by atoms with E-state index in [1.807, 2.05) is 14.7 Å². The van der Waals surface area contributed by atoms with Gasteiger partial charge in [0.05, 0.1) is 11.4 Å². The third-order valence-corrected chi connectivity index (χ3v) is 6.02. The first kappa shape index (κ1) is 16.5. The molecule has 1 aromatic carbocycles. The molecule has 1 aliphatic rings. The summed E-state index contributed by atoms with van der Waals surface area (Å²) in [4.78, 5) is 15.1. The highest BCUT2D eigenvalue weighted by Crippen LogP contribution is 2.30. The van der Waals surface area contributed by atoms with Crippen molar-refractivity contribution in [1.82, 2.24) is 19.5 Å². The number of carbonyl (C=O) groups is 1. The summed E-state index contributed by atoms with van der Waals surface area (Å²) in [6, 6.07) is 6.36. The van der Waals surface area contributed by atoms with Gasteiger partial charge in [0.1, 0.15) is 5.82 Å². The molecule has 130 valence electrons. The van der Waals surface area contributed by atoms with Crippen LogP contribution in [0, 0.1) is 5.82 Å². The molecule has 5 nitrogen and oxygen atoms in total. The van der Waals surface area contributed by atoms with Gasteiger partial charge in [-0.05, 0) is 49.1 Å². The third-order valence-electron chi connectivity index (χ3n) is 4.29. The molecule has 3 aromatic rings. The van der Waals surface area contributed by atoms with Crippen molar-refractivity contribution < 1.29 is 9.18 Å². The van der Waals surface area contributed by atoms with Crippen molar-refractivity contribution in [2.45, 2.75) is 24.4 Å². The number of hydrogen-bond donors (Lipinski definition) is 0. The Labute approximate surface area is 152 Å². The molecule has 1 fully saturated rings. The number of fused-ring (bicyclic) bond motifs is 1. The van der Waals surface area contributed by atoms with Crippen LogP contribution >= 0.6 is 23.1 Å². The average Bonchev–Trinajstić information content (AvgIpc) is 3.24. The lowest BCUT2D eigenvalue weighted by atomic mass is 10.1. The Kier molecular flexibility index (Phi) is 4.72. The zero-order valence-electron chi connectivity index (χ0n) is 13.5. The maximum Gasteiger partial charge on any atom is 0.233 e. The van der Waals surface area contributed by atoms with Gasteiger partial charge in [0.2, 0.25) is 10.9 Å². The molecule has 1 saturated heterocycles. The van der Waals surface area contributed by atoms with Crippen LogP contribution in [0.4, 0.5) is 4.39 Å². The predicted octanol–water partition coefficient (Wildman–Crippen LogP) is 3.70. The second kappa shape index (κ2) is 7.13. The fraction of sp³-hybridized carbons (Fsp3) is 0.353. The molecule has 25 heavy (non-hydrogen) atoms. The Morgan fingerprint density at radius 3 is 2.68 bits per heavy atom. The summed E-state index contributed by atoms with van der Waals surface area (Å²) in [7, 11) is 0. The summed E-state index contributed by atoms with van der Waals surface area (Å²) in [5, 5.41) is 11.1. The van der Waals surface area contributed by atoms with Gasteiger partial charge in [-0.3, -0.25) is 9.20 Å². The van der Waals surface area contributed by atoms with Gasteiger partial charge in [-0.25, -0.2) is 4.39 Å². The summed E-state index contributed by atoms with van der Waals surface area (Å²) in [5.41, 5.74) is 1.81. The van der Waals surface area contributed by atoms with Crippen molar-refractivity contribution in [2.75, 3.05) is 18.8 Å². The number of likely N-dealkylation sites (tertiary alicyclic amines) is 1. The van der Waals surface area contributed by atoms with Gasteiger partial charge in [0, 0.05) is 18.5 Å². The Morgan fingerprint density at radius 1 is 1.16 bits per heavy atom. The third kappa shape index (κ3) is 3.41. The predicted molar refractivity (Wildman–Crippen MR) is 97.4 cm³/mol. The van der Waals surface area contributed by atoms with Gasteiger partial charge in [0.25, 0.3) is 0 Å². The zero-order valence-corrected chi connectivity index (χ0v) is 15.2. The average molecular weight is 376 g/mol. The highest BCUT2D eigenvalue weighted by Gasteiger charge is 2.19. The summed E-state index contributed by atoms with van der Waals surface area (Å²) >= 11 is 2.89. The SMILES string of the molecule is O=C(CSc1nnc2scc(-c3ccc(F)cc3)n12)N1CCCCC1. The summed E-state index contributed by atoms with van der Waals surface area (Å²) in [6.07, 6.45) is 3.38. The molecule has 3 heterocycles. The highest BCUT2D eigenvalue weighted by atomic mass is 32.2. The van der Waals surface area contributed by atoms with Crippen LogP contribution in [-0.4, -0.2) is 44.2 Å². The molecule has 0 unspecified atom stereocenters. The smallest absolute Gasteiger partial charge is 0.233 e. The van der Waals surface area contributed by atoms with Gasteiger partial charge in [-0.2, -0.15) is 0 Å². The van der Waals surface area contributed by atoms with Crippen LogP contribution in [0.2, 0.25) is 0 Å². The van der Waals surface area contributed by atoms with Crippen molar-refractivity contribution in [3.8, 4) is 11.3 Å². The number of aromatic nitrogens is 3. The van der Waals surface area contributed by atoms with Crippen LogP contribution in [0.25, 0.3) is 16.2 Å². The fourth-order valence-corrected chi connectivity index (χ4v) is 4.71. The Balaban J connectivity index is 1.55. The molecule has 0 spiro atoms. The molecule has 0 bridgehead atoms. The van der Waals surface area contributed by atoms with Gasteiger partial charge in [0.15, 0.2) is 5.16 Å². The topological polar surface area (TPSA) is 50.5 Å². The summed E-state index contributed by atoms with van der Waals surface area (Å²) in [5.74, 6) is 0.250. The maximum atomic E-state index is 13.2. The molecule has 0 aliphatic carbocycles. The second-order valence-corrected chi connectivity index (χ2v) is 7.74. The lowest BCUT2D eigenvalue weighted by Crippen LogP contribution is -2.36. The van der Waals surface area contributed by atoms with Gasteiger partial charge >= 0.3 is 0 Å². The van der Waals surface area contributed by atoms with Crippen molar-refractivity contribution >= 4 is 34.0 Å². The first-order chi connectivity index (χ1) is 12.2. The van der Waals surface area contributed by atoms with Gasteiger partial charge in [-0.15, -0.1) is 21.5 Å². The highest BCUT2D eigenvalue weighted by molar-refractivity contribution is 7.99. The molecular weight excluding hydrogens is 359 g/mol. The normalized spacial score (nSPS) is 15.0. The van der Waals surface area contributed by atoms with Crippen LogP contribution in [0.3, 0.4) is 0 Å². The molecule has 0 N–H and O–H groups in total. The maximum absolute atomic E-state index is 13.2. The molecule has 8 heteroatoms. The summed E-state index contributed by atoms with van der Waals surface area (Å²) in [6.45, 7) is 1.71. The minimum Gasteiger partial charge on any atom is -0.342 e. The summed E-state index contributed by atoms with van der Waals surface area (Å²) < 4.78 is 15.1. The standard InChI is InChI=1S/C17H17FN4OS2/c18-13-6-4-12(5-7-13)14-10-24-16-19-20-17(22(14)16)25-11-15(23)21-8-2-1-3-9-21/h4-7,10H,1-3,8-9,11H2. The van der Waals surface area contributed by atoms with Crippen LogP contribution in [0.15, 0.2) is 34.8 Å². The van der Waals surface area contributed by atoms with Gasteiger partial charge < -0.3 is 4.90 Å². The van der Waals surface area contributed by atoms with E-state index >= 15 is 0 Å². The van der Waals surface area contributed by atoms with Crippen LogP contribution in [0.5, 0.6) is 0 Å². The van der Waals surface area contributed by atoms with E-state index in [0.29, 0.717) is 10.9 Å². The molecule has 0 saturated carbocycles. The minimum absolute atomic E-state index is 0.153. The van der Waals surface area contributed by atoms with Crippen molar-refractivity contribution in [1.29, 1.82) is 0 Å². The monoisotopic (exact) mass is 376 g/mol. The molecular formula is C17H17FN4OS2. The van der Waals surface area contributed by atoms with E-state index in [4.69, 9.17) is 0 Å². The van der Waals surface area contributed by atoms with E-state index in [0.717, 1.165) is 42.1 Å². The molecule has 0 atom stereocenters. The number of piperidine rings is 1. The number of carbonyl (C=O) groups excluding carboxylic acids is 1. The van der Waals surface area contributed by atoms with Crippen molar-refractivity contribution in [2.24, 2.45) is 0 Å². The molecule has 4 rings (SSSR count). The number of halogens is 1. The number of benzene rings is 1. The van der Waals surface area contributed by atoms with E-state index in [9.17, 15) is 9.18 Å². The number of thioether (sulfide) groups is 1. The lowest BCUT2D eigenvalue weighted by Gasteiger charge is -2.26. The second-order valence-electron chi connectivity index (χ2n) is 5.96. The largest absolute Gasteiger partial charge is 0.342 e. The van der Waals surface area contributed by atoms with Gasteiger partial charge in [-0.1, -0.05) is 11.8 Å². The van der Waals surface area contributed by atoms with Crippen molar-refractivity contribution in [3.05, 3.63) is 35.5 Å². The fourth-order valence-electron chi connectivity index (χ4n) is 2.97. The van der Waals surface area contributed by atoms with Crippen molar-refractivity contribution in [3.63, 3.8) is 0 Å². The molecule has 2 aromatic heterocycles. The molecule has 1 aliphatic heterocycles. The number of thiazole rings is 1. The van der Waals surface area contributed by atoms with Crippen LogP contribution in [0.1, 0.15) is 19.3 Å². The number of rotatable bonds is 4. The lowest BCUT2D eigenvalue weighted by molar-refractivity contribution is -0.129.